The Balaban J connectivity index is 2.43. The van der Waals surface area contributed by atoms with Gasteiger partial charge in [-0.1, -0.05) is 33.6 Å². The van der Waals surface area contributed by atoms with Crippen molar-refractivity contribution in [3.05, 3.63) is 0 Å². The molecule has 3 heteroatoms. The van der Waals surface area contributed by atoms with Crippen LogP contribution in [-0.4, -0.2) is 27.8 Å². The summed E-state index contributed by atoms with van der Waals surface area (Å²) in [6.45, 7) is 7.56. The van der Waals surface area contributed by atoms with Crippen LogP contribution in [-0.2, 0) is 10.8 Å². The molecular formula is C13H27NOS. The fraction of sp³-hybridized carbons (Fsp3) is 1.00. The first kappa shape index (κ1) is 14.2. The van der Waals surface area contributed by atoms with Crippen LogP contribution in [0.4, 0.5) is 0 Å². The van der Waals surface area contributed by atoms with Gasteiger partial charge < -0.3 is 5.32 Å². The molecule has 0 aromatic carbocycles. The molecule has 0 aromatic rings. The third kappa shape index (κ3) is 4.54. The molecule has 1 aliphatic carbocycles. The summed E-state index contributed by atoms with van der Waals surface area (Å²) in [5, 5.41) is 3.92. The van der Waals surface area contributed by atoms with E-state index in [0.717, 1.165) is 25.1 Å². The van der Waals surface area contributed by atoms with E-state index in [1.807, 2.05) is 0 Å². The number of hydrogen-bond acceptors (Lipinski definition) is 2. The highest BCUT2D eigenvalue weighted by Gasteiger charge is 2.28. The van der Waals surface area contributed by atoms with Gasteiger partial charge in [0.15, 0.2) is 0 Å². The van der Waals surface area contributed by atoms with Crippen molar-refractivity contribution in [1.82, 2.24) is 5.32 Å². The Morgan fingerprint density at radius 2 is 2.00 bits per heavy atom. The average Bonchev–Trinajstić information content (AvgIpc) is 2.27. The van der Waals surface area contributed by atoms with Crippen molar-refractivity contribution < 1.29 is 4.21 Å². The van der Waals surface area contributed by atoms with Gasteiger partial charge in [0.1, 0.15) is 0 Å². The molecule has 3 unspecified atom stereocenters. The fourth-order valence-corrected chi connectivity index (χ4v) is 4.45. The van der Waals surface area contributed by atoms with Crippen molar-refractivity contribution >= 4 is 10.8 Å². The largest absolute Gasteiger partial charge is 0.313 e. The van der Waals surface area contributed by atoms with E-state index in [4.69, 9.17) is 0 Å². The van der Waals surface area contributed by atoms with Gasteiger partial charge in [0.05, 0.1) is 5.25 Å². The minimum atomic E-state index is -0.621. The lowest BCUT2D eigenvalue weighted by molar-refractivity contribution is 0.384. The molecular weight excluding hydrogens is 218 g/mol. The van der Waals surface area contributed by atoms with Gasteiger partial charge in [-0.2, -0.15) is 0 Å². The lowest BCUT2D eigenvalue weighted by Gasteiger charge is -2.31. The molecule has 16 heavy (non-hydrogen) atoms. The van der Waals surface area contributed by atoms with Gasteiger partial charge in [-0.05, 0) is 31.7 Å². The van der Waals surface area contributed by atoms with Crippen molar-refractivity contribution in [2.75, 3.05) is 12.3 Å². The fourth-order valence-electron chi connectivity index (χ4n) is 2.41. The molecule has 1 saturated carbocycles. The van der Waals surface area contributed by atoms with Crippen molar-refractivity contribution in [1.29, 1.82) is 0 Å². The lowest BCUT2D eigenvalue weighted by Crippen LogP contribution is -2.44. The van der Waals surface area contributed by atoms with Crippen molar-refractivity contribution in [3.8, 4) is 0 Å². The first-order chi connectivity index (χ1) is 7.65. The minimum absolute atomic E-state index is 0.410. The molecule has 0 spiro atoms. The molecule has 0 aliphatic heterocycles. The number of nitrogens with one attached hydrogen (secondary N) is 1. The first-order valence-electron chi connectivity index (χ1n) is 6.75. The first-order valence-corrected chi connectivity index (χ1v) is 8.14. The van der Waals surface area contributed by atoms with Gasteiger partial charge in [-0.15, -0.1) is 0 Å². The Labute approximate surface area is 103 Å². The zero-order valence-electron chi connectivity index (χ0n) is 11.0. The Hall–Kier alpha value is 0.110. The van der Waals surface area contributed by atoms with E-state index in [0.29, 0.717) is 17.2 Å². The number of rotatable bonds is 6. The van der Waals surface area contributed by atoms with Crippen LogP contribution in [0.3, 0.4) is 0 Å². The second-order valence-electron chi connectivity index (χ2n) is 5.25. The maximum atomic E-state index is 12.3. The summed E-state index contributed by atoms with van der Waals surface area (Å²) in [6.07, 6.45) is 6.03. The van der Waals surface area contributed by atoms with Crippen LogP contribution in [0, 0.1) is 5.92 Å². The van der Waals surface area contributed by atoms with Crippen LogP contribution in [0.5, 0.6) is 0 Å². The van der Waals surface area contributed by atoms with Gasteiger partial charge >= 0.3 is 0 Å². The maximum absolute atomic E-state index is 12.3. The van der Waals surface area contributed by atoms with E-state index in [-0.39, 0.29) is 0 Å². The van der Waals surface area contributed by atoms with Crippen LogP contribution in [0.1, 0.15) is 52.9 Å². The van der Waals surface area contributed by atoms with E-state index in [1.54, 1.807) is 0 Å². The lowest BCUT2D eigenvalue weighted by atomic mass is 9.95. The average molecular weight is 245 g/mol. The monoisotopic (exact) mass is 245 g/mol. The van der Waals surface area contributed by atoms with E-state index >= 15 is 0 Å². The third-order valence-electron chi connectivity index (χ3n) is 3.40. The Morgan fingerprint density at radius 3 is 2.62 bits per heavy atom. The summed E-state index contributed by atoms with van der Waals surface area (Å²) >= 11 is 0. The topological polar surface area (TPSA) is 29.1 Å². The third-order valence-corrected chi connectivity index (χ3v) is 5.28. The number of hydrogen-bond donors (Lipinski definition) is 1. The molecule has 0 amide bonds. The summed E-state index contributed by atoms with van der Waals surface area (Å²) in [5.41, 5.74) is 0. The van der Waals surface area contributed by atoms with Crippen molar-refractivity contribution in [3.63, 3.8) is 0 Å². The molecule has 2 nitrogen and oxygen atoms in total. The second-order valence-corrected chi connectivity index (χ2v) is 7.03. The highest BCUT2D eigenvalue weighted by Crippen LogP contribution is 2.23. The molecule has 1 N–H and O–H groups in total. The maximum Gasteiger partial charge on any atom is 0.0501 e. The van der Waals surface area contributed by atoms with Gasteiger partial charge in [0.2, 0.25) is 0 Å². The smallest absolute Gasteiger partial charge is 0.0501 e. The summed E-state index contributed by atoms with van der Waals surface area (Å²) in [4.78, 5) is 0. The molecule has 0 saturated heterocycles. The predicted octanol–water partition coefficient (Wildman–Crippen LogP) is 2.70. The molecule has 0 bridgehead atoms. The predicted molar refractivity (Wildman–Crippen MR) is 72.2 cm³/mol. The zero-order valence-corrected chi connectivity index (χ0v) is 11.8. The summed E-state index contributed by atoms with van der Waals surface area (Å²) < 4.78 is 12.3. The summed E-state index contributed by atoms with van der Waals surface area (Å²) in [6, 6.07) is 0.506. The molecule has 3 atom stereocenters. The van der Waals surface area contributed by atoms with E-state index < -0.39 is 10.8 Å². The van der Waals surface area contributed by atoms with E-state index in [9.17, 15) is 4.21 Å². The quantitative estimate of drug-likeness (QED) is 0.779. The Morgan fingerprint density at radius 1 is 1.31 bits per heavy atom. The van der Waals surface area contributed by atoms with Crippen LogP contribution in [0.15, 0.2) is 0 Å². The highest BCUT2D eigenvalue weighted by atomic mass is 32.2. The minimum Gasteiger partial charge on any atom is -0.313 e. The summed E-state index contributed by atoms with van der Waals surface area (Å²) in [5.74, 6) is 1.56. The van der Waals surface area contributed by atoms with Crippen LogP contribution in [0.2, 0.25) is 0 Å². The highest BCUT2D eigenvalue weighted by molar-refractivity contribution is 7.85. The van der Waals surface area contributed by atoms with Gasteiger partial charge in [-0.25, -0.2) is 0 Å². The van der Waals surface area contributed by atoms with Crippen molar-refractivity contribution in [2.45, 2.75) is 64.2 Å². The van der Waals surface area contributed by atoms with Crippen LogP contribution >= 0.6 is 0 Å². The molecule has 1 rings (SSSR count). The van der Waals surface area contributed by atoms with E-state index in [2.05, 4.69) is 26.1 Å². The molecule has 1 aliphatic rings. The van der Waals surface area contributed by atoms with Gasteiger partial charge in [-0.3, -0.25) is 4.21 Å². The van der Waals surface area contributed by atoms with Gasteiger partial charge in [0.25, 0.3) is 0 Å². The SMILES string of the molecule is CCNC1CCCCC1S(=O)CCC(C)C. The normalized spacial score (nSPS) is 28.2. The molecule has 1 fully saturated rings. The Bertz CT molecular complexity index is 216. The van der Waals surface area contributed by atoms with Crippen LogP contribution in [0.25, 0.3) is 0 Å². The van der Waals surface area contributed by atoms with Crippen LogP contribution < -0.4 is 5.32 Å². The molecule has 0 heterocycles. The second kappa shape index (κ2) is 7.44. The molecule has 0 radical (unpaired) electrons. The van der Waals surface area contributed by atoms with E-state index in [1.165, 1.54) is 19.3 Å². The zero-order chi connectivity index (χ0) is 12.0. The standard InChI is InChI=1S/C13H27NOS/c1-4-14-12-7-5-6-8-13(12)16(15)10-9-11(2)3/h11-14H,4-10H2,1-3H3. The van der Waals surface area contributed by atoms with Crippen molar-refractivity contribution in [2.24, 2.45) is 5.92 Å². The van der Waals surface area contributed by atoms with Gasteiger partial charge in [0, 0.05) is 22.6 Å². The molecule has 0 aromatic heterocycles. The summed E-state index contributed by atoms with van der Waals surface area (Å²) in [7, 11) is -0.621. The molecule has 96 valence electrons. The Kier molecular flexibility index (Phi) is 6.59.